The predicted octanol–water partition coefficient (Wildman–Crippen LogP) is 2.85. The number of hydrogen-bond acceptors (Lipinski definition) is 7. The molecule has 0 aliphatic heterocycles. The Bertz CT molecular complexity index is 811. The Morgan fingerprint density at radius 1 is 1.07 bits per heavy atom. The average molecular weight is 435 g/mol. The fraction of sp³-hybridized carbons (Fsp3) is 0.684. The lowest BCUT2D eigenvalue weighted by Gasteiger charge is -2.27. The summed E-state index contributed by atoms with van der Waals surface area (Å²) in [4.78, 5) is 0. The number of benzene rings is 1. The van der Waals surface area contributed by atoms with Crippen LogP contribution in [0, 0.1) is 5.92 Å². The molecule has 1 aliphatic rings. The smallest absolute Gasteiger partial charge is 0.264 e. The Morgan fingerprint density at radius 3 is 2.29 bits per heavy atom. The Kier molecular flexibility index (Phi) is 8.30. The number of fused-ring (bicyclic) bond motifs is 1. The molecule has 28 heavy (non-hydrogen) atoms. The molecule has 7 nitrogen and oxygen atoms in total. The molecule has 9 heteroatoms. The molecular weight excluding hydrogens is 404 g/mol. The number of rotatable bonds is 11. The maximum absolute atomic E-state index is 11.3. The second-order valence-corrected chi connectivity index (χ2v) is 10.7. The van der Waals surface area contributed by atoms with Gasteiger partial charge in [-0.2, -0.15) is 16.8 Å². The second kappa shape index (κ2) is 10.0. The molecule has 0 fully saturated rings. The summed E-state index contributed by atoms with van der Waals surface area (Å²) >= 11 is 0. The van der Waals surface area contributed by atoms with Crippen LogP contribution in [0.5, 0.6) is 5.75 Å². The molecule has 0 bridgehead atoms. The quantitative estimate of drug-likeness (QED) is 0.494. The molecule has 0 radical (unpaired) electrons. The van der Waals surface area contributed by atoms with E-state index in [2.05, 4.69) is 6.07 Å². The van der Waals surface area contributed by atoms with Crippen LogP contribution in [0.25, 0.3) is 0 Å². The van der Waals surface area contributed by atoms with Gasteiger partial charge in [0.15, 0.2) is 0 Å². The Balaban J connectivity index is 1.96. The van der Waals surface area contributed by atoms with Gasteiger partial charge in [0.25, 0.3) is 20.2 Å². The van der Waals surface area contributed by atoms with E-state index in [1.165, 1.54) is 11.1 Å². The summed E-state index contributed by atoms with van der Waals surface area (Å²) in [6, 6.07) is 6.15. The average Bonchev–Trinajstić information content (AvgIpc) is 2.61. The maximum atomic E-state index is 11.3. The molecule has 1 aromatic rings. The van der Waals surface area contributed by atoms with Crippen molar-refractivity contribution in [3.8, 4) is 5.75 Å². The molecule has 0 spiro atoms. The molecule has 2 rings (SSSR count). The SMILES string of the molecule is COc1cccc2c1CCCC2CCCC(COS(C)(=O)=O)COS(C)(=O)=O. The lowest BCUT2D eigenvalue weighted by Crippen LogP contribution is -2.21. The van der Waals surface area contributed by atoms with E-state index in [9.17, 15) is 16.8 Å². The highest BCUT2D eigenvalue weighted by molar-refractivity contribution is 7.86. The minimum atomic E-state index is -3.59. The molecule has 1 unspecified atom stereocenters. The summed E-state index contributed by atoms with van der Waals surface area (Å²) in [5.41, 5.74) is 2.60. The van der Waals surface area contributed by atoms with Crippen molar-refractivity contribution in [3.63, 3.8) is 0 Å². The van der Waals surface area contributed by atoms with E-state index in [1.54, 1.807) is 7.11 Å². The molecule has 0 saturated carbocycles. The first-order valence-electron chi connectivity index (χ1n) is 9.43. The van der Waals surface area contributed by atoms with Crippen LogP contribution in [0.1, 0.15) is 49.1 Å². The zero-order valence-electron chi connectivity index (χ0n) is 16.7. The highest BCUT2D eigenvalue weighted by atomic mass is 32.2. The van der Waals surface area contributed by atoms with Gasteiger partial charge >= 0.3 is 0 Å². The Hall–Kier alpha value is -1.16. The molecule has 0 amide bonds. The van der Waals surface area contributed by atoms with Gasteiger partial charge < -0.3 is 4.74 Å². The van der Waals surface area contributed by atoms with Crippen LogP contribution in [0.3, 0.4) is 0 Å². The predicted molar refractivity (Wildman–Crippen MR) is 108 cm³/mol. The highest BCUT2D eigenvalue weighted by Gasteiger charge is 2.23. The molecule has 0 aromatic heterocycles. The third kappa shape index (κ3) is 7.69. The van der Waals surface area contributed by atoms with Crippen LogP contribution >= 0.6 is 0 Å². The lowest BCUT2D eigenvalue weighted by molar-refractivity contribution is 0.175. The third-order valence-corrected chi connectivity index (χ3v) is 6.14. The normalized spacial score (nSPS) is 17.5. The van der Waals surface area contributed by atoms with Gasteiger partial charge in [-0.25, -0.2) is 0 Å². The van der Waals surface area contributed by atoms with Crippen molar-refractivity contribution in [2.45, 2.75) is 44.4 Å². The maximum Gasteiger partial charge on any atom is 0.264 e. The highest BCUT2D eigenvalue weighted by Crippen LogP contribution is 2.39. The molecular formula is C19H30O7S2. The van der Waals surface area contributed by atoms with Gasteiger partial charge in [-0.3, -0.25) is 8.37 Å². The fourth-order valence-electron chi connectivity index (χ4n) is 3.71. The summed E-state index contributed by atoms with van der Waals surface area (Å²) in [6.45, 7) is -0.160. The van der Waals surface area contributed by atoms with E-state index in [0.29, 0.717) is 12.3 Å². The van der Waals surface area contributed by atoms with Gasteiger partial charge in [0.2, 0.25) is 0 Å². The monoisotopic (exact) mass is 434 g/mol. The minimum Gasteiger partial charge on any atom is -0.496 e. The van der Waals surface area contributed by atoms with Gasteiger partial charge in [-0.15, -0.1) is 0 Å². The van der Waals surface area contributed by atoms with E-state index < -0.39 is 20.2 Å². The summed E-state index contributed by atoms with van der Waals surface area (Å²) in [5, 5.41) is 0. The van der Waals surface area contributed by atoms with Crippen LogP contribution in [0.4, 0.5) is 0 Å². The van der Waals surface area contributed by atoms with E-state index in [-0.39, 0.29) is 19.1 Å². The van der Waals surface area contributed by atoms with Crippen molar-refractivity contribution in [1.82, 2.24) is 0 Å². The van der Waals surface area contributed by atoms with Gasteiger partial charge in [0, 0.05) is 5.92 Å². The van der Waals surface area contributed by atoms with Gasteiger partial charge in [-0.05, 0) is 55.2 Å². The van der Waals surface area contributed by atoms with Crippen molar-refractivity contribution in [2.24, 2.45) is 5.92 Å². The van der Waals surface area contributed by atoms with Crippen LogP contribution in [-0.2, 0) is 35.0 Å². The van der Waals surface area contributed by atoms with Gasteiger partial charge in [0.1, 0.15) is 5.75 Å². The Labute approximate surface area is 168 Å². The zero-order chi connectivity index (χ0) is 20.8. The second-order valence-electron chi connectivity index (χ2n) is 7.39. The first kappa shape index (κ1) is 23.1. The molecule has 0 N–H and O–H groups in total. The number of ether oxygens (including phenoxy) is 1. The first-order valence-corrected chi connectivity index (χ1v) is 13.1. The van der Waals surface area contributed by atoms with Crippen molar-refractivity contribution < 1.29 is 29.9 Å². The summed E-state index contributed by atoms with van der Waals surface area (Å²) in [5.74, 6) is 1.05. The van der Waals surface area contributed by atoms with Crippen LogP contribution in [0.2, 0.25) is 0 Å². The van der Waals surface area contributed by atoms with Crippen molar-refractivity contribution in [1.29, 1.82) is 0 Å². The van der Waals surface area contributed by atoms with Crippen LogP contribution in [0.15, 0.2) is 18.2 Å². The van der Waals surface area contributed by atoms with Crippen molar-refractivity contribution >= 4 is 20.2 Å². The van der Waals surface area contributed by atoms with E-state index in [1.807, 2.05) is 12.1 Å². The molecule has 1 aromatic carbocycles. The lowest BCUT2D eigenvalue weighted by atomic mass is 9.79. The summed E-state index contributed by atoms with van der Waals surface area (Å²) < 4.78 is 60.3. The van der Waals surface area contributed by atoms with Gasteiger partial charge in [0.05, 0.1) is 32.8 Å². The third-order valence-electron chi connectivity index (χ3n) is 5.01. The van der Waals surface area contributed by atoms with Crippen LogP contribution in [-0.4, -0.2) is 49.7 Å². The molecule has 1 aliphatic carbocycles. The van der Waals surface area contributed by atoms with E-state index in [0.717, 1.165) is 50.4 Å². The molecule has 1 atom stereocenters. The number of hydrogen-bond donors (Lipinski definition) is 0. The first-order chi connectivity index (χ1) is 13.1. The zero-order valence-corrected chi connectivity index (χ0v) is 18.4. The molecule has 160 valence electrons. The largest absolute Gasteiger partial charge is 0.496 e. The summed E-state index contributed by atoms with van der Waals surface area (Å²) in [7, 11) is -5.48. The minimum absolute atomic E-state index is 0.0799. The summed E-state index contributed by atoms with van der Waals surface area (Å²) in [6.07, 6.45) is 7.58. The molecule has 0 heterocycles. The number of methoxy groups -OCH3 is 1. The van der Waals surface area contributed by atoms with Gasteiger partial charge in [-0.1, -0.05) is 18.6 Å². The van der Waals surface area contributed by atoms with E-state index in [4.69, 9.17) is 13.1 Å². The standard InChI is InChI=1S/C19H30O7S2/c1-24-19-12-6-10-17-16(9-5-11-18(17)19)8-4-7-15(13-25-27(2,20)21)14-26-28(3,22)23/h6,10,12,15-16H,4-5,7-9,11,13-14H2,1-3H3. The van der Waals surface area contributed by atoms with Crippen molar-refractivity contribution in [2.75, 3.05) is 32.8 Å². The topological polar surface area (TPSA) is 96.0 Å². The molecule has 0 saturated heterocycles. The Morgan fingerprint density at radius 2 is 1.71 bits per heavy atom. The fourth-order valence-corrected chi connectivity index (χ4v) is 4.59. The van der Waals surface area contributed by atoms with Crippen molar-refractivity contribution in [3.05, 3.63) is 29.3 Å². The van der Waals surface area contributed by atoms with E-state index >= 15 is 0 Å². The van der Waals surface area contributed by atoms with Crippen LogP contribution < -0.4 is 4.74 Å².